The molecule has 0 spiro atoms. The first-order chi connectivity index (χ1) is 23.7. The van der Waals surface area contributed by atoms with Gasteiger partial charge in [0.1, 0.15) is 5.52 Å². The largest absolute Gasteiger partial charge is 0.436 e. The van der Waals surface area contributed by atoms with Crippen LogP contribution in [-0.2, 0) is 6.42 Å². The number of terminal acetylenes is 1. The van der Waals surface area contributed by atoms with Crippen molar-refractivity contribution in [3.05, 3.63) is 175 Å². The van der Waals surface area contributed by atoms with Crippen LogP contribution in [0, 0.1) is 12.3 Å². The van der Waals surface area contributed by atoms with E-state index in [4.69, 9.17) is 15.8 Å². The fourth-order valence-electron chi connectivity index (χ4n) is 6.35. The van der Waals surface area contributed by atoms with Gasteiger partial charge >= 0.3 is 0 Å². The summed E-state index contributed by atoms with van der Waals surface area (Å²) in [5.41, 5.74) is 9.89. The molecule has 0 aliphatic heterocycles. The van der Waals surface area contributed by atoms with Gasteiger partial charge in [-0.15, -0.1) is 6.42 Å². The lowest BCUT2D eigenvalue weighted by molar-refractivity contribution is 0.620. The molecule has 0 radical (unpaired) electrons. The van der Waals surface area contributed by atoms with E-state index in [1.807, 2.05) is 24.3 Å². The van der Waals surface area contributed by atoms with Gasteiger partial charge in [-0.25, -0.2) is 4.98 Å². The summed E-state index contributed by atoms with van der Waals surface area (Å²) in [6.45, 7) is 0. The van der Waals surface area contributed by atoms with Crippen LogP contribution in [0.4, 0.5) is 0 Å². The standard InChI is InChI=1S/C45H30N2O/c1-2-32(36-18-11-27-46-30-36)13-4-3-12-31-23-25-35(26-24-31)45-47-44-42(41-22-10-17-34-15-6-8-20-39(34)41)28-37(29-43(44)48-45)40-21-9-16-33-14-5-7-19-38(33)40/h1,3-11,13-30H,12H2/b4-3-,32-13+. The van der Waals surface area contributed by atoms with E-state index >= 15 is 0 Å². The normalized spacial score (nSPS) is 11.9. The second kappa shape index (κ2) is 12.7. The molecule has 0 atom stereocenters. The van der Waals surface area contributed by atoms with Gasteiger partial charge in [-0.1, -0.05) is 121 Å². The van der Waals surface area contributed by atoms with Crippen LogP contribution in [0.2, 0.25) is 0 Å². The van der Waals surface area contributed by atoms with Crippen molar-refractivity contribution in [2.45, 2.75) is 6.42 Å². The first-order valence-electron chi connectivity index (χ1n) is 16.0. The van der Waals surface area contributed by atoms with Gasteiger partial charge in [0.05, 0.1) is 0 Å². The molecule has 3 heteroatoms. The van der Waals surface area contributed by atoms with Crippen molar-refractivity contribution < 1.29 is 4.42 Å². The number of allylic oxidation sites excluding steroid dienone is 4. The van der Waals surface area contributed by atoms with Crippen molar-refractivity contribution >= 4 is 38.2 Å². The Kier molecular flexibility index (Phi) is 7.66. The van der Waals surface area contributed by atoms with E-state index < -0.39 is 0 Å². The molecule has 2 aromatic heterocycles. The molecular formula is C45H30N2O. The Hall–Kier alpha value is -6.50. The first kappa shape index (κ1) is 28.9. The van der Waals surface area contributed by atoms with Crippen molar-refractivity contribution in [2.24, 2.45) is 0 Å². The molecule has 8 rings (SSSR count). The van der Waals surface area contributed by atoms with Crippen LogP contribution >= 0.6 is 0 Å². The lowest BCUT2D eigenvalue weighted by atomic mass is 9.92. The molecule has 8 aromatic rings. The Morgan fingerprint density at radius 2 is 1.40 bits per heavy atom. The van der Waals surface area contributed by atoms with E-state index in [1.165, 1.54) is 27.1 Å². The van der Waals surface area contributed by atoms with Crippen LogP contribution in [0.25, 0.3) is 71.9 Å². The highest BCUT2D eigenvalue weighted by Gasteiger charge is 2.18. The molecule has 0 N–H and O–H groups in total. The SMILES string of the molecule is C#C/C(=C\C=C/Cc1ccc(-c2nc3c(-c4cccc5ccccc45)cc(-c4cccc5ccccc45)cc3o2)cc1)c1cccnc1. The molecule has 0 saturated heterocycles. The fourth-order valence-corrected chi connectivity index (χ4v) is 6.35. The third-order valence-electron chi connectivity index (χ3n) is 8.76. The van der Waals surface area contributed by atoms with Crippen LogP contribution in [0.5, 0.6) is 0 Å². The number of pyridine rings is 1. The summed E-state index contributed by atoms with van der Waals surface area (Å²) in [5.74, 6) is 3.35. The molecule has 48 heavy (non-hydrogen) atoms. The molecule has 0 fully saturated rings. The van der Waals surface area contributed by atoms with Gasteiger partial charge in [0.15, 0.2) is 5.58 Å². The number of nitrogens with zero attached hydrogens (tertiary/aromatic N) is 2. The molecule has 2 heterocycles. The van der Waals surface area contributed by atoms with E-state index in [0.717, 1.165) is 56.5 Å². The molecule has 226 valence electrons. The van der Waals surface area contributed by atoms with E-state index in [0.29, 0.717) is 5.89 Å². The Morgan fingerprint density at radius 3 is 2.12 bits per heavy atom. The molecule has 0 unspecified atom stereocenters. The van der Waals surface area contributed by atoms with Crippen LogP contribution in [0.3, 0.4) is 0 Å². The number of hydrogen-bond donors (Lipinski definition) is 0. The van der Waals surface area contributed by atoms with Gasteiger partial charge in [-0.3, -0.25) is 4.98 Å². The van der Waals surface area contributed by atoms with E-state index in [-0.39, 0.29) is 0 Å². The third-order valence-corrected chi connectivity index (χ3v) is 8.76. The maximum Gasteiger partial charge on any atom is 0.227 e. The summed E-state index contributed by atoms with van der Waals surface area (Å²) in [7, 11) is 0. The van der Waals surface area contributed by atoms with E-state index in [2.05, 4.69) is 138 Å². The van der Waals surface area contributed by atoms with Crippen molar-refractivity contribution in [3.8, 4) is 46.1 Å². The van der Waals surface area contributed by atoms with Gasteiger partial charge < -0.3 is 4.42 Å². The molecule has 0 aliphatic carbocycles. The molecule has 0 amide bonds. The Labute approximate surface area is 279 Å². The Bertz CT molecular complexity index is 2520. The molecule has 0 aliphatic rings. The fraction of sp³-hybridized carbons (Fsp3) is 0.0222. The summed E-state index contributed by atoms with van der Waals surface area (Å²) in [5, 5.41) is 4.78. The quantitative estimate of drug-likeness (QED) is 0.132. The second-order valence-electron chi connectivity index (χ2n) is 11.7. The lowest BCUT2D eigenvalue weighted by Gasteiger charge is -2.11. The minimum Gasteiger partial charge on any atom is -0.436 e. The van der Waals surface area contributed by atoms with Crippen molar-refractivity contribution in [1.29, 1.82) is 0 Å². The summed E-state index contributed by atoms with van der Waals surface area (Å²) in [4.78, 5) is 9.28. The predicted molar refractivity (Wildman–Crippen MR) is 199 cm³/mol. The lowest BCUT2D eigenvalue weighted by Crippen LogP contribution is -1.87. The van der Waals surface area contributed by atoms with Gasteiger partial charge in [0.2, 0.25) is 5.89 Å². The van der Waals surface area contributed by atoms with Gasteiger partial charge in [0, 0.05) is 34.7 Å². The Morgan fingerprint density at radius 1 is 0.688 bits per heavy atom. The highest BCUT2D eigenvalue weighted by atomic mass is 16.3. The van der Waals surface area contributed by atoms with Crippen LogP contribution in [0.15, 0.2) is 168 Å². The topological polar surface area (TPSA) is 38.9 Å². The zero-order valence-corrected chi connectivity index (χ0v) is 26.2. The number of fused-ring (bicyclic) bond motifs is 3. The molecule has 6 aromatic carbocycles. The molecule has 0 saturated carbocycles. The zero-order valence-electron chi connectivity index (χ0n) is 26.2. The number of rotatable bonds is 7. The molecular weight excluding hydrogens is 585 g/mol. The summed E-state index contributed by atoms with van der Waals surface area (Å²) in [6, 6.07) is 46.6. The highest BCUT2D eigenvalue weighted by Crippen LogP contribution is 2.40. The second-order valence-corrected chi connectivity index (χ2v) is 11.7. The van der Waals surface area contributed by atoms with Crippen molar-refractivity contribution in [2.75, 3.05) is 0 Å². The number of benzene rings is 6. The first-order valence-corrected chi connectivity index (χ1v) is 16.0. The number of oxazole rings is 1. The Balaban J connectivity index is 1.17. The number of hydrogen-bond acceptors (Lipinski definition) is 3. The summed E-state index contributed by atoms with van der Waals surface area (Å²) < 4.78 is 6.56. The van der Waals surface area contributed by atoms with Gasteiger partial charge in [0.25, 0.3) is 0 Å². The smallest absolute Gasteiger partial charge is 0.227 e. The highest BCUT2D eigenvalue weighted by molar-refractivity contribution is 6.07. The molecule has 3 nitrogen and oxygen atoms in total. The molecule has 0 bridgehead atoms. The number of aromatic nitrogens is 2. The van der Waals surface area contributed by atoms with Crippen LogP contribution < -0.4 is 0 Å². The predicted octanol–water partition coefficient (Wildman–Crippen LogP) is 11.3. The van der Waals surface area contributed by atoms with Crippen LogP contribution in [0.1, 0.15) is 11.1 Å². The minimum absolute atomic E-state index is 0.599. The van der Waals surface area contributed by atoms with Crippen molar-refractivity contribution in [3.63, 3.8) is 0 Å². The van der Waals surface area contributed by atoms with E-state index in [9.17, 15) is 0 Å². The maximum atomic E-state index is 6.56. The van der Waals surface area contributed by atoms with E-state index in [1.54, 1.807) is 12.4 Å². The average molecular weight is 615 g/mol. The summed E-state index contributed by atoms with van der Waals surface area (Å²) >= 11 is 0. The monoisotopic (exact) mass is 614 g/mol. The van der Waals surface area contributed by atoms with Crippen molar-refractivity contribution in [1.82, 2.24) is 9.97 Å². The third kappa shape index (κ3) is 5.57. The zero-order chi connectivity index (χ0) is 32.3. The summed E-state index contributed by atoms with van der Waals surface area (Å²) in [6.07, 6.45) is 16.1. The average Bonchev–Trinajstić information content (AvgIpc) is 3.59. The van der Waals surface area contributed by atoms with Crippen LogP contribution in [-0.4, -0.2) is 9.97 Å². The minimum atomic E-state index is 0.599. The maximum absolute atomic E-state index is 6.56. The van der Waals surface area contributed by atoms with Gasteiger partial charge in [-0.05, 0) is 86.6 Å². The van der Waals surface area contributed by atoms with Gasteiger partial charge in [-0.2, -0.15) is 0 Å².